The average molecular weight is 309 g/mol. The molecule has 8 heteroatoms. The molecule has 21 heavy (non-hydrogen) atoms. The molecule has 0 aliphatic heterocycles. The van der Waals surface area contributed by atoms with Crippen LogP contribution in [-0.4, -0.2) is 18.0 Å². The highest BCUT2D eigenvalue weighted by molar-refractivity contribution is 7.92. The third-order valence-corrected chi connectivity index (χ3v) is 4.27. The Bertz CT molecular complexity index is 902. The Hall–Kier alpha value is -2.48. The number of halogens is 2. The van der Waals surface area contributed by atoms with Gasteiger partial charge in [0, 0.05) is 12.4 Å². The van der Waals surface area contributed by atoms with Crippen LogP contribution >= 0.6 is 0 Å². The summed E-state index contributed by atoms with van der Waals surface area (Å²) in [5.74, 6) is -2.29. The topological polar surface area (TPSA) is 63.5 Å². The van der Waals surface area contributed by atoms with Crippen molar-refractivity contribution < 1.29 is 17.2 Å². The first-order valence-electron chi connectivity index (χ1n) is 5.87. The highest BCUT2D eigenvalue weighted by atomic mass is 32.2. The molecule has 0 radical (unpaired) electrons. The van der Waals surface area contributed by atoms with Gasteiger partial charge in [0.05, 0.1) is 11.2 Å². The third kappa shape index (κ3) is 2.45. The predicted octanol–water partition coefficient (Wildman–Crippen LogP) is 2.41. The summed E-state index contributed by atoms with van der Waals surface area (Å²) in [7, 11) is -4.36. The van der Waals surface area contributed by atoms with Gasteiger partial charge in [-0.25, -0.2) is 21.7 Å². The molecule has 108 valence electrons. The Kier molecular flexibility index (Phi) is 3.09. The number of sulfonamides is 1. The predicted molar refractivity (Wildman–Crippen MR) is 72.4 cm³/mol. The van der Waals surface area contributed by atoms with Crippen molar-refractivity contribution >= 4 is 21.2 Å². The van der Waals surface area contributed by atoms with Gasteiger partial charge in [-0.3, -0.25) is 4.72 Å². The van der Waals surface area contributed by atoms with Crippen LogP contribution in [0.15, 0.2) is 53.7 Å². The van der Waals surface area contributed by atoms with Crippen molar-refractivity contribution in [1.29, 1.82) is 0 Å². The number of pyridine rings is 1. The second-order valence-corrected chi connectivity index (χ2v) is 5.89. The number of benzene rings is 1. The van der Waals surface area contributed by atoms with Crippen molar-refractivity contribution in [2.24, 2.45) is 0 Å². The summed E-state index contributed by atoms with van der Waals surface area (Å²) >= 11 is 0. The number of nitrogens with zero attached hydrogens (tertiary/aromatic N) is 2. The van der Waals surface area contributed by atoms with Gasteiger partial charge in [0.25, 0.3) is 10.0 Å². The van der Waals surface area contributed by atoms with Gasteiger partial charge in [0.2, 0.25) is 0 Å². The molecule has 0 bridgehead atoms. The molecule has 0 unspecified atom stereocenters. The zero-order valence-corrected chi connectivity index (χ0v) is 11.3. The maximum Gasteiger partial charge on any atom is 0.267 e. The Labute approximate surface area is 118 Å². The summed E-state index contributed by atoms with van der Waals surface area (Å²) < 4.78 is 55.0. The second-order valence-electron chi connectivity index (χ2n) is 4.27. The molecule has 3 aromatic rings. The Morgan fingerprint density at radius 1 is 1.10 bits per heavy atom. The summed E-state index contributed by atoms with van der Waals surface area (Å²) in [6.45, 7) is 0. The van der Waals surface area contributed by atoms with Gasteiger partial charge in [0.1, 0.15) is 11.6 Å². The lowest BCUT2D eigenvalue weighted by molar-refractivity contribution is 0.521. The minimum atomic E-state index is -4.36. The van der Waals surface area contributed by atoms with Crippen LogP contribution in [0.2, 0.25) is 0 Å². The van der Waals surface area contributed by atoms with E-state index in [0.29, 0.717) is 5.52 Å². The van der Waals surface area contributed by atoms with Gasteiger partial charge in [-0.1, -0.05) is 6.07 Å². The minimum Gasteiger partial charge on any atom is -0.279 e. The van der Waals surface area contributed by atoms with Crippen LogP contribution in [0.5, 0.6) is 0 Å². The highest BCUT2D eigenvalue weighted by Crippen LogP contribution is 2.22. The van der Waals surface area contributed by atoms with Crippen molar-refractivity contribution in [3.63, 3.8) is 0 Å². The summed E-state index contributed by atoms with van der Waals surface area (Å²) in [5.41, 5.74) is 0.829. The van der Waals surface area contributed by atoms with Gasteiger partial charge >= 0.3 is 0 Å². The number of anilines is 1. The number of rotatable bonds is 3. The fraction of sp³-hybridized carbons (Fsp3) is 0. The largest absolute Gasteiger partial charge is 0.279 e. The number of nitrogens with one attached hydrogen (secondary N) is 1. The first kappa shape index (κ1) is 13.5. The SMILES string of the molecule is O=S(=O)(Nc1ccn2nccc2c1)c1c(F)cccc1F. The molecule has 0 aliphatic rings. The average Bonchev–Trinajstić information content (AvgIpc) is 2.85. The lowest BCUT2D eigenvalue weighted by Crippen LogP contribution is -2.16. The van der Waals surface area contributed by atoms with Crippen LogP contribution < -0.4 is 4.72 Å². The normalized spacial score (nSPS) is 11.7. The zero-order valence-electron chi connectivity index (χ0n) is 10.5. The molecule has 0 atom stereocenters. The van der Waals surface area contributed by atoms with Gasteiger partial charge in [-0.15, -0.1) is 0 Å². The summed E-state index contributed by atoms with van der Waals surface area (Å²) in [5, 5.41) is 3.96. The van der Waals surface area contributed by atoms with E-state index in [-0.39, 0.29) is 5.69 Å². The summed E-state index contributed by atoms with van der Waals surface area (Å²) in [6, 6.07) is 7.48. The first-order valence-corrected chi connectivity index (χ1v) is 7.36. The van der Waals surface area contributed by atoms with E-state index >= 15 is 0 Å². The Balaban J connectivity index is 2.03. The molecule has 0 saturated carbocycles. The van der Waals surface area contributed by atoms with Gasteiger partial charge < -0.3 is 0 Å². The number of hydrogen-bond acceptors (Lipinski definition) is 3. The van der Waals surface area contributed by atoms with Crippen LogP contribution in [0.25, 0.3) is 5.52 Å². The maximum atomic E-state index is 13.6. The Morgan fingerprint density at radius 3 is 2.52 bits per heavy atom. The van der Waals surface area contributed by atoms with E-state index in [1.165, 1.54) is 22.8 Å². The fourth-order valence-electron chi connectivity index (χ4n) is 1.93. The first-order chi connectivity index (χ1) is 9.97. The van der Waals surface area contributed by atoms with Crippen LogP contribution in [0.4, 0.5) is 14.5 Å². The van der Waals surface area contributed by atoms with Crippen molar-refractivity contribution in [1.82, 2.24) is 9.61 Å². The second kappa shape index (κ2) is 4.81. The monoisotopic (exact) mass is 309 g/mol. The maximum absolute atomic E-state index is 13.6. The van der Waals surface area contributed by atoms with E-state index in [4.69, 9.17) is 0 Å². The third-order valence-electron chi connectivity index (χ3n) is 2.84. The summed E-state index contributed by atoms with van der Waals surface area (Å²) in [6.07, 6.45) is 3.08. The molecular weight excluding hydrogens is 300 g/mol. The van der Waals surface area contributed by atoms with E-state index < -0.39 is 26.6 Å². The molecule has 0 saturated heterocycles. The molecule has 2 aromatic heterocycles. The molecule has 0 aliphatic carbocycles. The molecule has 0 amide bonds. The van der Waals surface area contributed by atoms with Gasteiger partial charge in [-0.2, -0.15) is 5.10 Å². The van der Waals surface area contributed by atoms with Gasteiger partial charge in [-0.05, 0) is 30.3 Å². The van der Waals surface area contributed by atoms with Crippen molar-refractivity contribution in [2.45, 2.75) is 4.90 Å². The van der Waals surface area contributed by atoms with E-state index in [1.807, 2.05) is 0 Å². The van der Waals surface area contributed by atoms with E-state index in [0.717, 1.165) is 18.2 Å². The quantitative estimate of drug-likeness (QED) is 0.808. The van der Waals surface area contributed by atoms with E-state index in [9.17, 15) is 17.2 Å². The lowest BCUT2D eigenvalue weighted by atomic mass is 10.3. The van der Waals surface area contributed by atoms with Crippen molar-refractivity contribution in [3.05, 3.63) is 60.4 Å². The molecule has 0 spiro atoms. The molecule has 2 heterocycles. The number of aromatic nitrogens is 2. The molecule has 0 fully saturated rings. The Morgan fingerprint density at radius 2 is 1.81 bits per heavy atom. The smallest absolute Gasteiger partial charge is 0.267 e. The molecule has 1 N–H and O–H groups in total. The molecule has 1 aromatic carbocycles. The fourth-order valence-corrected chi connectivity index (χ4v) is 3.12. The molecular formula is C13H9F2N3O2S. The molecule has 3 rings (SSSR count). The van der Waals surface area contributed by atoms with E-state index in [2.05, 4.69) is 9.82 Å². The van der Waals surface area contributed by atoms with E-state index in [1.54, 1.807) is 12.3 Å². The lowest BCUT2D eigenvalue weighted by Gasteiger charge is -2.09. The standard InChI is InChI=1S/C13H9F2N3O2S/c14-11-2-1-3-12(15)13(11)21(19,20)17-9-5-7-18-10(8-9)4-6-16-18/h1-8,17H. The highest BCUT2D eigenvalue weighted by Gasteiger charge is 2.23. The minimum absolute atomic E-state index is 0.186. The van der Waals surface area contributed by atoms with Gasteiger partial charge in [0.15, 0.2) is 4.90 Å². The van der Waals surface area contributed by atoms with Crippen molar-refractivity contribution in [2.75, 3.05) is 4.72 Å². The van der Waals surface area contributed by atoms with Crippen LogP contribution in [0, 0.1) is 11.6 Å². The summed E-state index contributed by atoms with van der Waals surface area (Å²) in [4.78, 5) is -1.00. The molecule has 5 nitrogen and oxygen atoms in total. The van der Waals surface area contributed by atoms with Crippen LogP contribution in [0.3, 0.4) is 0 Å². The van der Waals surface area contributed by atoms with Crippen LogP contribution in [0.1, 0.15) is 0 Å². The van der Waals surface area contributed by atoms with Crippen molar-refractivity contribution in [3.8, 4) is 0 Å². The zero-order chi connectivity index (χ0) is 15.0. The van der Waals surface area contributed by atoms with Crippen LogP contribution in [-0.2, 0) is 10.0 Å². The number of fused-ring (bicyclic) bond motifs is 1. The number of hydrogen-bond donors (Lipinski definition) is 1.